The molecular weight excluding hydrogens is 448 g/mol. The first kappa shape index (κ1) is 25.8. The smallest absolute Gasteiger partial charge is 0.414 e. The fraction of sp³-hybridized carbons (Fsp3) is 0.429. The zero-order valence-corrected chi connectivity index (χ0v) is 19.6. The zero-order chi connectivity index (χ0) is 24.4. The van der Waals surface area contributed by atoms with Gasteiger partial charge in [-0.15, -0.1) is 0 Å². The molecule has 11 nitrogen and oxygen atoms in total. The van der Waals surface area contributed by atoms with Gasteiger partial charge in [0.1, 0.15) is 5.75 Å². The van der Waals surface area contributed by atoms with E-state index in [0.29, 0.717) is 6.54 Å². The molecule has 0 saturated carbocycles. The Hall–Kier alpha value is -3.47. The van der Waals surface area contributed by atoms with Crippen molar-refractivity contribution in [2.24, 2.45) is 5.73 Å². The molecule has 2 aromatic rings. The molecule has 8 N–H and O–H groups in total. The van der Waals surface area contributed by atoms with Crippen LogP contribution >= 0.6 is 11.6 Å². The lowest BCUT2D eigenvalue weighted by Gasteiger charge is -2.32. The summed E-state index contributed by atoms with van der Waals surface area (Å²) in [5.41, 5.74) is 18.2. The molecule has 0 aliphatic carbocycles. The van der Waals surface area contributed by atoms with Crippen LogP contribution in [0.15, 0.2) is 24.3 Å². The second-order valence-electron chi connectivity index (χ2n) is 7.33. The quantitative estimate of drug-likeness (QED) is 0.239. The van der Waals surface area contributed by atoms with Crippen molar-refractivity contribution in [1.29, 1.82) is 5.41 Å². The van der Waals surface area contributed by atoms with E-state index in [1.54, 1.807) is 12.0 Å². The second kappa shape index (κ2) is 12.5. The van der Waals surface area contributed by atoms with Gasteiger partial charge in [-0.1, -0.05) is 37.1 Å². The summed E-state index contributed by atoms with van der Waals surface area (Å²) >= 11 is 5.81. The molecule has 0 aliphatic rings. The van der Waals surface area contributed by atoms with Crippen molar-refractivity contribution in [2.45, 2.75) is 38.6 Å². The number of nitrogen functional groups attached to an aromatic ring is 2. The molecule has 0 fully saturated rings. The normalized spacial score (nSPS) is 11.5. The first-order chi connectivity index (χ1) is 15.7. The number of nitrogens with one attached hydrogen (secondary N) is 2. The Morgan fingerprint density at radius 2 is 1.94 bits per heavy atom. The van der Waals surface area contributed by atoms with Crippen LogP contribution in [0.3, 0.4) is 0 Å². The van der Waals surface area contributed by atoms with E-state index in [1.807, 2.05) is 31.2 Å². The Balaban J connectivity index is 1.94. The van der Waals surface area contributed by atoms with E-state index >= 15 is 0 Å². The van der Waals surface area contributed by atoms with E-state index in [9.17, 15) is 4.79 Å². The molecule has 2 rings (SSSR count). The van der Waals surface area contributed by atoms with Gasteiger partial charge in [-0.3, -0.25) is 5.41 Å². The minimum atomic E-state index is -0.778. The number of benzene rings is 1. The molecule has 33 heavy (non-hydrogen) atoms. The number of aryl methyl sites for hydroxylation is 1. The van der Waals surface area contributed by atoms with E-state index < -0.39 is 6.09 Å². The summed E-state index contributed by atoms with van der Waals surface area (Å²) in [6, 6.07) is 7.67. The summed E-state index contributed by atoms with van der Waals surface area (Å²) in [5, 5.41) is 10.6. The van der Waals surface area contributed by atoms with Crippen LogP contribution in [0.5, 0.6) is 11.6 Å². The molecule has 1 aromatic carbocycles. The molecule has 12 heteroatoms. The highest BCUT2D eigenvalue weighted by molar-refractivity contribution is 6.31. The van der Waals surface area contributed by atoms with Crippen LogP contribution in [0.4, 0.5) is 16.4 Å². The van der Waals surface area contributed by atoms with Gasteiger partial charge >= 0.3 is 6.09 Å². The van der Waals surface area contributed by atoms with Crippen molar-refractivity contribution < 1.29 is 14.3 Å². The van der Waals surface area contributed by atoms with Gasteiger partial charge in [0.15, 0.2) is 22.7 Å². The Morgan fingerprint density at radius 3 is 2.55 bits per heavy atom. The number of anilines is 2. The van der Waals surface area contributed by atoms with Crippen molar-refractivity contribution in [1.82, 2.24) is 20.2 Å². The average Bonchev–Trinajstić information content (AvgIpc) is 2.78. The van der Waals surface area contributed by atoms with Crippen LogP contribution in [0.25, 0.3) is 0 Å². The Morgan fingerprint density at radius 1 is 1.24 bits per heavy atom. The number of nitrogens with zero attached hydrogens (tertiary/aromatic N) is 3. The first-order valence-corrected chi connectivity index (χ1v) is 10.9. The van der Waals surface area contributed by atoms with Crippen LogP contribution in [0.2, 0.25) is 5.15 Å². The number of carbonyl (C=O) groups is 1. The molecule has 0 unspecified atom stereocenters. The Labute approximate surface area is 198 Å². The monoisotopic (exact) mass is 478 g/mol. The number of rotatable bonds is 11. The molecule has 0 bridgehead atoms. The Bertz CT molecular complexity index is 942. The van der Waals surface area contributed by atoms with Crippen molar-refractivity contribution in [3.8, 4) is 11.6 Å². The average molecular weight is 479 g/mol. The summed E-state index contributed by atoms with van der Waals surface area (Å²) in [4.78, 5) is 21.6. The summed E-state index contributed by atoms with van der Waals surface area (Å²) in [6.45, 7) is 2.80. The number of guanidine groups is 1. The zero-order valence-electron chi connectivity index (χ0n) is 18.8. The van der Waals surface area contributed by atoms with Crippen LogP contribution in [0.1, 0.15) is 31.7 Å². The maximum absolute atomic E-state index is 12.3. The molecular formula is C21H31ClN8O3. The predicted molar refractivity (Wildman–Crippen MR) is 129 cm³/mol. The number of nitrogens with two attached hydrogens (primary N) is 3. The van der Waals surface area contributed by atoms with Crippen LogP contribution in [0, 0.1) is 5.41 Å². The third-order valence-corrected chi connectivity index (χ3v) is 5.22. The largest absolute Gasteiger partial charge is 0.497 e. The van der Waals surface area contributed by atoms with Crippen LogP contribution < -0.4 is 32.0 Å². The molecule has 180 valence electrons. The summed E-state index contributed by atoms with van der Waals surface area (Å²) in [6.07, 6.45) is 2.39. The van der Waals surface area contributed by atoms with Crippen molar-refractivity contribution in [3.05, 3.63) is 35.0 Å². The molecule has 0 spiro atoms. The number of halogens is 1. The predicted octanol–water partition coefficient (Wildman–Crippen LogP) is 2.39. The fourth-order valence-corrected chi connectivity index (χ4v) is 3.39. The number of carbonyl (C=O) groups excluding carboxylic acids is 1. The summed E-state index contributed by atoms with van der Waals surface area (Å²) in [7, 11) is 1.63. The molecule has 0 aliphatic heterocycles. The third-order valence-electron chi connectivity index (χ3n) is 4.94. The highest BCUT2D eigenvalue weighted by Gasteiger charge is 2.21. The second-order valence-corrected chi connectivity index (χ2v) is 7.69. The number of aromatic nitrogens is 2. The van der Waals surface area contributed by atoms with Gasteiger partial charge in [-0.2, -0.15) is 4.98 Å². The van der Waals surface area contributed by atoms with E-state index in [1.165, 1.54) is 0 Å². The number of amides is 1. The number of ether oxygens (including phenoxy) is 2. The van der Waals surface area contributed by atoms with Gasteiger partial charge in [-0.25, -0.2) is 9.78 Å². The highest BCUT2D eigenvalue weighted by Crippen LogP contribution is 2.23. The van der Waals surface area contributed by atoms with Gasteiger partial charge < -0.3 is 36.9 Å². The lowest BCUT2D eigenvalue weighted by molar-refractivity contribution is 0.192. The summed E-state index contributed by atoms with van der Waals surface area (Å²) in [5.74, 6) is 0.303. The maximum Gasteiger partial charge on any atom is 0.414 e. The molecule has 1 heterocycles. The SMILES string of the molecule is CCC[C@@H](CNC(=O)Oc1nc(Cl)c(N)nc1N)N(CCCc1ccc(OC)cc1)C(=N)N. The molecule has 0 saturated heterocycles. The fourth-order valence-electron chi connectivity index (χ4n) is 3.27. The van der Waals surface area contributed by atoms with Gasteiger partial charge in [-0.05, 0) is 37.0 Å². The summed E-state index contributed by atoms with van der Waals surface area (Å²) < 4.78 is 10.3. The minimum Gasteiger partial charge on any atom is -0.497 e. The molecule has 1 amide bonds. The topological polar surface area (TPSA) is 178 Å². The Kier molecular flexibility index (Phi) is 9.80. The molecule has 0 radical (unpaired) electrons. The van der Waals surface area contributed by atoms with Gasteiger partial charge in [0.2, 0.25) is 0 Å². The van der Waals surface area contributed by atoms with Crippen molar-refractivity contribution in [3.63, 3.8) is 0 Å². The van der Waals surface area contributed by atoms with Crippen molar-refractivity contribution >= 4 is 35.3 Å². The van der Waals surface area contributed by atoms with E-state index in [-0.39, 0.29) is 41.2 Å². The number of hydrogen-bond donors (Lipinski definition) is 5. The number of hydrogen-bond acceptors (Lipinski definition) is 8. The van der Waals surface area contributed by atoms with Crippen molar-refractivity contribution in [2.75, 3.05) is 31.7 Å². The molecule has 1 atom stereocenters. The third kappa shape index (κ3) is 7.86. The van der Waals surface area contributed by atoms with Gasteiger partial charge in [0, 0.05) is 19.1 Å². The van der Waals surface area contributed by atoms with Gasteiger partial charge in [0.05, 0.1) is 7.11 Å². The maximum atomic E-state index is 12.3. The highest BCUT2D eigenvalue weighted by atomic mass is 35.5. The lowest BCUT2D eigenvalue weighted by Crippen LogP contribution is -2.50. The molecule has 1 aromatic heterocycles. The van der Waals surface area contributed by atoms with Crippen LogP contribution in [-0.4, -0.2) is 53.2 Å². The lowest BCUT2D eigenvalue weighted by atomic mass is 10.1. The van der Waals surface area contributed by atoms with Gasteiger partial charge in [0.25, 0.3) is 5.88 Å². The first-order valence-electron chi connectivity index (χ1n) is 10.5. The number of methoxy groups -OCH3 is 1. The van der Waals surface area contributed by atoms with Crippen LogP contribution in [-0.2, 0) is 6.42 Å². The minimum absolute atomic E-state index is 0.0567. The van der Waals surface area contributed by atoms with E-state index in [0.717, 1.165) is 37.0 Å². The van der Waals surface area contributed by atoms with E-state index in [4.69, 9.17) is 43.7 Å². The standard InChI is InChI=1S/C21H31ClN8O3/c1-3-5-14(12-27-21(31)33-19-18(24)29-17(23)16(22)28-19)30(20(25)26)11-4-6-13-7-9-15(32-2)10-8-13/h7-10,14H,3-6,11-12H2,1-2H3,(H3,25,26)(H,27,31)(H4,23,24,29)/t14-/m0/s1. The van der Waals surface area contributed by atoms with E-state index in [2.05, 4.69) is 15.3 Å².